The van der Waals surface area contributed by atoms with E-state index < -0.39 is 11.7 Å². The van der Waals surface area contributed by atoms with E-state index >= 15 is 0 Å². The zero-order valence-corrected chi connectivity index (χ0v) is 17.3. The van der Waals surface area contributed by atoms with Crippen molar-refractivity contribution in [1.82, 2.24) is 9.78 Å². The molecule has 6 nitrogen and oxygen atoms in total. The zero-order valence-electron chi connectivity index (χ0n) is 15.8. The van der Waals surface area contributed by atoms with Crippen molar-refractivity contribution < 1.29 is 18.4 Å². The second kappa shape index (κ2) is 10.2. The Balaban J connectivity index is 1.54. The molecule has 10 heteroatoms. The maximum Gasteiger partial charge on any atom is 0.288 e. The number of carbonyl (C=O) groups is 1. The Morgan fingerprint density at radius 3 is 2.63 bits per heavy atom. The van der Waals surface area contributed by atoms with Crippen LogP contribution in [0.15, 0.2) is 64.6 Å². The van der Waals surface area contributed by atoms with E-state index in [1.54, 1.807) is 11.6 Å². The van der Waals surface area contributed by atoms with Crippen LogP contribution in [0.4, 0.5) is 14.5 Å². The van der Waals surface area contributed by atoms with Gasteiger partial charge in [0.2, 0.25) is 0 Å². The number of halogens is 3. The number of benzene rings is 2. The fourth-order valence-corrected chi connectivity index (χ4v) is 3.32. The van der Waals surface area contributed by atoms with E-state index in [1.807, 2.05) is 30.3 Å². The van der Waals surface area contributed by atoms with Gasteiger partial charge in [-0.05, 0) is 43.3 Å². The summed E-state index contributed by atoms with van der Waals surface area (Å²) >= 11 is 6.82. The second-order valence-electron chi connectivity index (χ2n) is 6.00. The lowest BCUT2D eigenvalue weighted by Crippen LogP contribution is -2.16. The van der Waals surface area contributed by atoms with Crippen molar-refractivity contribution in [3.8, 4) is 5.69 Å². The lowest BCUT2D eigenvalue weighted by molar-refractivity contribution is -0.120. The summed E-state index contributed by atoms with van der Waals surface area (Å²) < 4.78 is 26.2. The molecule has 0 saturated heterocycles. The highest BCUT2D eigenvalue weighted by Gasteiger charge is 2.13. The van der Waals surface area contributed by atoms with Crippen molar-refractivity contribution in [3.05, 3.63) is 71.0 Å². The van der Waals surface area contributed by atoms with Gasteiger partial charge in [0, 0.05) is 10.6 Å². The molecule has 0 saturated carbocycles. The summed E-state index contributed by atoms with van der Waals surface area (Å²) in [6.07, 6.45) is 1.40. The van der Waals surface area contributed by atoms with Crippen molar-refractivity contribution in [2.45, 2.75) is 17.6 Å². The summed E-state index contributed by atoms with van der Waals surface area (Å²) in [5.41, 5.74) is 2.51. The van der Waals surface area contributed by atoms with Crippen LogP contribution in [0.25, 0.3) is 5.69 Å². The van der Waals surface area contributed by atoms with E-state index in [9.17, 15) is 13.6 Å². The number of alkyl halides is 2. The molecule has 0 spiro atoms. The molecule has 1 N–H and O–H groups in total. The van der Waals surface area contributed by atoms with E-state index in [2.05, 4.69) is 15.6 Å². The predicted octanol–water partition coefficient (Wildman–Crippen LogP) is 5.14. The van der Waals surface area contributed by atoms with Gasteiger partial charge in [0.1, 0.15) is 5.15 Å². The van der Waals surface area contributed by atoms with Crippen molar-refractivity contribution in [2.24, 2.45) is 5.16 Å². The Morgan fingerprint density at radius 2 is 1.97 bits per heavy atom. The van der Waals surface area contributed by atoms with E-state index in [4.69, 9.17) is 16.4 Å². The van der Waals surface area contributed by atoms with Crippen LogP contribution in [0.1, 0.15) is 11.3 Å². The topological polar surface area (TPSA) is 68.5 Å². The number of hydrogen-bond donors (Lipinski definition) is 1. The predicted molar refractivity (Wildman–Crippen MR) is 114 cm³/mol. The molecule has 0 unspecified atom stereocenters. The first kappa shape index (κ1) is 21.8. The third kappa shape index (κ3) is 5.80. The minimum atomic E-state index is -2.49. The quantitative estimate of drug-likeness (QED) is 0.293. The molecule has 1 amide bonds. The number of oxime groups is 1. The smallest absolute Gasteiger partial charge is 0.288 e. The molecule has 0 aliphatic heterocycles. The van der Waals surface area contributed by atoms with Gasteiger partial charge in [-0.25, -0.2) is 4.68 Å². The third-order valence-electron chi connectivity index (χ3n) is 3.86. The third-order valence-corrected chi connectivity index (χ3v) is 4.95. The summed E-state index contributed by atoms with van der Waals surface area (Å²) in [5, 5.41) is 11.1. The lowest BCUT2D eigenvalue weighted by atomic mass is 10.3. The van der Waals surface area contributed by atoms with Crippen LogP contribution in [0.3, 0.4) is 0 Å². The summed E-state index contributed by atoms with van der Waals surface area (Å²) in [5.74, 6) is -2.93. The molecule has 156 valence electrons. The number of aryl methyl sites for hydroxylation is 1. The molecule has 1 heterocycles. The second-order valence-corrected chi connectivity index (χ2v) is 7.42. The van der Waals surface area contributed by atoms with Crippen molar-refractivity contribution >= 4 is 41.2 Å². The Kier molecular flexibility index (Phi) is 7.42. The molecule has 3 rings (SSSR count). The van der Waals surface area contributed by atoms with Crippen LogP contribution in [0.2, 0.25) is 5.15 Å². The van der Waals surface area contributed by atoms with Gasteiger partial charge < -0.3 is 10.2 Å². The molecule has 30 heavy (non-hydrogen) atoms. The summed E-state index contributed by atoms with van der Waals surface area (Å²) in [4.78, 5) is 17.4. The van der Waals surface area contributed by atoms with Gasteiger partial charge in [0.15, 0.2) is 6.61 Å². The van der Waals surface area contributed by atoms with Crippen molar-refractivity contribution in [1.29, 1.82) is 0 Å². The highest BCUT2D eigenvalue weighted by Crippen LogP contribution is 2.26. The highest BCUT2D eigenvalue weighted by molar-refractivity contribution is 7.99. The van der Waals surface area contributed by atoms with E-state index in [0.717, 1.165) is 5.69 Å². The molecule has 0 bridgehead atoms. The molecule has 0 radical (unpaired) electrons. The van der Waals surface area contributed by atoms with Crippen LogP contribution in [0, 0.1) is 6.92 Å². The van der Waals surface area contributed by atoms with Crippen LogP contribution in [-0.4, -0.2) is 34.3 Å². The minimum absolute atomic E-state index is 0.326. The molecule has 0 aliphatic carbocycles. The Bertz CT molecular complexity index is 1030. The van der Waals surface area contributed by atoms with Gasteiger partial charge in [0.25, 0.3) is 11.7 Å². The molecule has 0 aliphatic rings. The first-order valence-corrected chi connectivity index (χ1v) is 10.0. The molecule has 2 aromatic carbocycles. The molecule has 3 aromatic rings. The number of rotatable bonds is 8. The summed E-state index contributed by atoms with van der Waals surface area (Å²) in [7, 11) is 0. The van der Waals surface area contributed by atoms with Gasteiger partial charge in [-0.1, -0.05) is 46.7 Å². The lowest BCUT2D eigenvalue weighted by Gasteiger charge is -2.05. The number of amides is 1. The highest BCUT2D eigenvalue weighted by atomic mass is 35.5. The number of nitrogens with zero attached hydrogens (tertiary/aromatic N) is 3. The number of carbonyl (C=O) groups excluding carboxylic acids is 1. The van der Waals surface area contributed by atoms with Gasteiger partial charge in [-0.15, -0.1) is 0 Å². The fraction of sp³-hybridized carbons (Fsp3) is 0.150. The molecule has 1 aromatic heterocycles. The van der Waals surface area contributed by atoms with Crippen LogP contribution >= 0.6 is 23.4 Å². The normalized spacial score (nSPS) is 11.2. The Hall–Kier alpha value is -2.91. The number of aromatic nitrogens is 2. The monoisotopic (exact) mass is 450 g/mol. The summed E-state index contributed by atoms with van der Waals surface area (Å²) in [6.45, 7) is 1.46. The largest absolute Gasteiger partial charge is 0.386 e. The Labute approximate surface area is 180 Å². The number of thioether (sulfide) groups is 1. The number of nitrogens with one attached hydrogen (secondary N) is 1. The van der Waals surface area contributed by atoms with Crippen LogP contribution in [-0.2, 0) is 9.63 Å². The first-order chi connectivity index (χ1) is 14.4. The average molecular weight is 451 g/mol. The first-order valence-electron chi connectivity index (χ1n) is 8.74. The van der Waals surface area contributed by atoms with E-state index in [0.29, 0.717) is 38.8 Å². The number of para-hydroxylation sites is 1. The fourth-order valence-electron chi connectivity index (χ4n) is 2.50. The van der Waals surface area contributed by atoms with Gasteiger partial charge in [0.05, 0.1) is 23.2 Å². The van der Waals surface area contributed by atoms with Gasteiger partial charge in [-0.2, -0.15) is 13.9 Å². The average Bonchev–Trinajstić information content (AvgIpc) is 3.01. The maximum absolute atomic E-state index is 12.3. The van der Waals surface area contributed by atoms with Gasteiger partial charge >= 0.3 is 0 Å². The molecular formula is C20H17ClF2N4O2S. The van der Waals surface area contributed by atoms with Crippen molar-refractivity contribution in [2.75, 3.05) is 11.9 Å². The zero-order chi connectivity index (χ0) is 21.5. The number of hydrogen-bond acceptors (Lipinski definition) is 5. The molecule has 0 fully saturated rings. The maximum atomic E-state index is 12.3. The summed E-state index contributed by atoms with van der Waals surface area (Å²) in [6, 6.07) is 15.5. The van der Waals surface area contributed by atoms with Crippen molar-refractivity contribution in [3.63, 3.8) is 0 Å². The van der Waals surface area contributed by atoms with E-state index in [-0.39, 0.29) is 6.61 Å². The van der Waals surface area contributed by atoms with Crippen LogP contribution in [0.5, 0.6) is 0 Å². The van der Waals surface area contributed by atoms with Crippen LogP contribution < -0.4 is 5.32 Å². The molecule has 0 atom stereocenters. The SMILES string of the molecule is Cc1nn(-c2ccccc2)c(Cl)c1/C=N/OCC(=O)Nc1ccc(SC(F)F)cc1. The van der Waals surface area contributed by atoms with Gasteiger partial charge in [-0.3, -0.25) is 4.79 Å². The molecular weight excluding hydrogens is 434 g/mol. The standard InChI is InChI=1S/C20H17ClF2N4O2S/c1-13-17(19(21)27(26-13)15-5-3-2-4-6-15)11-24-29-12-18(28)25-14-7-9-16(10-8-14)30-20(22)23/h2-11,20H,12H2,1H3,(H,25,28)/b24-11+. The van der Waals surface area contributed by atoms with E-state index in [1.165, 1.54) is 30.5 Å². The Morgan fingerprint density at radius 1 is 1.27 bits per heavy atom. The number of anilines is 1. The minimum Gasteiger partial charge on any atom is -0.386 e.